The Bertz CT molecular complexity index is 617. The number of imide groups is 1. The second-order valence-electron chi connectivity index (χ2n) is 6.22. The molecule has 7 nitrogen and oxygen atoms in total. The number of hydrogen-bond acceptors (Lipinski definition) is 5. The molecule has 0 aliphatic carbocycles. The van der Waals surface area contributed by atoms with Crippen molar-refractivity contribution in [2.24, 2.45) is 0 Å². The van der Waals surface area contributed by atoms with Crippen molar-refractivity contribution in [3.8, 4) is 0 Å². The monoisotopic (exact) mass is 346 g/mol. The molecule has 25 heavy (non-hydrogen) atoms. The zero-order valence-electron chi connectivity index (χ0n) is 15.0. The second-order valence-corrected chi connectivity index (χ2v) is 6.22. The molecule has 1 N–H and O–H groups in total. The van der Waals surface area contributed by atoms with Gasteiger partial charge in [0.15, 0.2) is 0 Å². The van der Waals surface area contributed by atoms with E-state index in [1.807, 2.05) is 13.1 Å². The summed E-state index contributed by atoms with van der Waals surface area (Å²) in [6, 6.07) is 3.62. The highest BCUT2D eigenvalue weighted by Crippen LogP contribution is 2.14. The Morgan fingerprint density at radius 2 is 2.04 bits per heavy atom. The Labute approximate surface area is 148 Å². The van der Waals surface area contributed by atoms with Crippen LogP contribution in [0, 0.1) is 0 Å². The molecule has 7 heteroatoms. The third-order valence-electron chi connectivity index (χ3n) is 4.27. The maximum Gasteiger partial charge on any atom is 0.270 e. The van der Waals surface area contributed by atoms with E-state index in [1.54, 1.807) is 12.3 Å². The van der Waals surface area contributed by atoms with Crippen molar-refractivity contribution < 1.29 is 14.4 Å². The van der Waals surface area contributed by atoms with E-state index in [2.05, 4.69) is 22.1 Å². The molecule has 1 aliphatic rings. The van der Waals surface area contributed by atoms with E-state index >= 15 is 0 Å². The highest BCUT2D eigenvalue weighted by Gasteiger charge is 2.25. The van der Waals surface area contributed by atoms with Crippen LogP contribution in [0.2, 0.25) is 0 Å². The molecule has 0 atom stereocenters. The van der Waals surface area contributed by atoms with E-state index < -0.39 is 0 Å². The number of pyridine rings is 1. The summed E-state index contributed by atoms with van der Waals surface area (Å²) < 4.78 is 0. The number of amides is 3. The average Bonchev–Trinajstić information content (AvgIpc) is 2.62. The normalized spacial score (nSPS) is 14.6. The predicted molar refractivity (Wildman–Crippen MR) is 95.3 cm³/mol. The summed E-state index contributed by atoms with van der Waals surface area (Å²) in [7, 11) is 1.99. The number of aromatic nitrogens is 1. The number of carbonyl (C=O) groups is 3. The quantitative estimate of drug-likeness (QED) is 0.723. The van der Waals surface area contributed by atoms with Gasteiger partial charge in [0.2, 0.25) is 11.8 Å². The van der Waals surface area contributed by atoms with Crippen LogP contribution in [0.5, 0.6) is 0 Å². The Morgan fingerprint density at radius 3 is 2.72 bits per heavy atom. The van der Waals surface area contributed by atoms with Crippen molar-refractivity contribution in [3.05, 3.63) is 24.0 Å². The van der Waals surface area contributed by atoms with Crippen molar-refractivity contribution in [2.75, 3.05) is 31.6 Å². The molecule has 0 radical (unpaired) electrons. The fourth-order valence-electron chi connectivity index (χ4n) is 2.73. The minimum atomic E-state index is -0.303. The van der Waals surface area contributed by atoms with Gasteiger partial charge in [0.25, 0.3) is 5.91 Å². The van der Waals surface area contributed by atoms with Gasteiger partial charge in [-0.15, -0.1) is 0 Å². The number of anilines is 1. The molecule has 1 aliphatic heterocycles. The number of carbonyl (C=O) groups excluding carboxylic acids is 3. The van der Waals surface area contributed by atoms with Crippen LogP contribution in [0.1, 0.15) is 49.5 Å². The van der Waals surface area contributed by atoms with Crippen LogP contribution in [0.4, 0.5) is 5.69 Å². The average molecular weight is 346 g/mol. The molecule has 1 aromatic rings. The van der Waals surface area contributed by atoms with E-state index in [0.717, 1.165) is 25.1 Å². The van der Waals surface area contributed by atoms with Crippen LogP contribution in [-0.4, -0.2) is 54.3 Å². The van der Waals surface area contributed by atoms with Crippen molar-refractivity contribution in [1.29, 1.82) is 0 Å². The lowest BCUT2D eigenvalue weighted by molar-refractivity contribution is -0.147. The highest BCUT2D eigenvalue weighted by molar-refractivity contribution is 5.97. The summed E-state index contributed by atoms with van der Waals surface area (Å²) in [5, 5.41) is 2.73. The predicted octanol–water partition coefficient (Wildman–Crippen LogP) is 1.59. The number of likely N-dealkylation sites (tertiary alicyclic amines) is 1. The second kappa shape index (κ2) is 9.15. The third kappa shape index (κ3) is 5.27. The Kier molecular flexibility index (Phi) is 6.91. The van der Waals surface area contributed by atoms with Crippen LogP contribution in [-0.2, 0) is 9.59 Å². The number of piperidine rings is 1. The Balaban J connectivity index is 1.88. The summed E-state index contributed by atoms with van der Waals surface area (Å²) in [5.41, 5.74) is 1.27. The van der Waals surface area contributed by atoms with Gasteiger partial charge in [-0.05, 0) is 25.0 Å². The number of nitrogens with zero attached hydrogens (tertiary/aromatic N) is 3. The molecular formula is C18H26N4O3. The molecule has 2 rings (SSSR count). The zero-order valence-corrected chi connectivity index (χ0v) is 15.0. The fraction of sp³-hybridized carbons (Fsp3) is 0.556. The first-order chi connectivity index (χ1) is 12.0. The minimum absolute atomic E-state index is 0.164. The summed E-state index contributed by atoms with van der Waals surface area (Å²) >= 11 is 0. The van der Waals surface area contributed by atoms with Gasteiger partial charge >= 0.3 is 0 Å². The van der Waals surface area contributed by atoms with E-state index in [9.17, 15) is 14.4 Å². The van der Waals surface area contributed by atoms with Crippen molar-refractivity contribution >= 4 is 23.4 Å². The molecule has 136 valence electrons. The molecule has 0 spiro atoms. The van der Waals surface area contributed by atoms with Crippen LogP contribution in [0.3, 0.4) is 0 Å². The molecule has 1 saturated heterocycles. The molecule has 1 fully saturated rings. The van der Waals surface area contributed by atoms with Gasteiger partial charge in [0.1, 0.15) is 5.69 Å². The first-order valence-electron chi connectivity index (χ1n) is 8.81. The Morgan fingerprint density at radius 1 is 1.32 bits per heavy atom. The van der Waals surface area contributed by atoms with Gasteiger partial charge < -0.3 is 10.2 Å². The van der Waals surface area contributed by atoms with E-state index in [1.165, 1.54) is 4.90 Å². The topological polar surface area (TPSA) is 82.6 Å². The molecule has 0 bridgehead atoms. The minimum Gasteiger partial charge on any atom is -0.374 e. The molecule has 0 aromatic carbocycles. The van der Waals surface area contributed by atoms with E-state index in [0.29, 0.717) is 25.0 Å². The van der Waals surface area contributed by atoms with Gasteiger partial charge in [-0.3, -0.25) is 24.3 Å². The first kappa shape index (κ1) is 18.9. The number of nitrogens with one attached hydrogen (secondary N) is 1. The molecule has 0 unspecified atom stereocenters. The van der Waals surface area contributed by atoms with Crippen molar-refractivity contribution in [2.45, 2.75) is 39.0 Å². The van der Waals surface area contributed by atoms with Gasteiger partial charge in [-0.2, -0.15) is 0 Å². The number of unbranched alkanes of at least 4 members (excludes halogenated alkanes) is 1. The summed E-state index contributed by atoms with van der Waals surface area (Å²) in [5.74, 6) is -0.631. The summed E-state index contributed by atoms with van der Waals surface area (Å²) in [6.07, 6.45) is 5.21. The maximum atomic E-state index is 12.3. The van der Waals surface area contributed by atoms with Gasteiger partial charge in [-0.1, -0.05) is 13.3 Å². The maximum absolute atomic E-state index is 12.3. The Hall–Kier alpha value is -2.44. The van der Waals surface area contributed by atoms with Gasteiger partial charge in [0, 0.05) is 51.4 Å². The third-order valence-corrected chi connectivity index (χ3v) is 4.27. The lowest BCUT2D eigenvalue weighted by Gasteiger charge is -2.24. The fourth-order valence-corrected chi connectivity index (χ4v) is 2.73. The van der Waals surface area contributed by atoms with E-state index in [-0.39, 0.29) is 30.8 Å². The molecule has 2 heterocycles. The van der Waals surface area contributed by atoms with Crippen LogP contribution >= 0.6 is 0 Å². The lowest BCUT2D eigenvalue weighted by Crippen LogP contribution is -2.44. The number of rotatable bonds is 8. The summed E-state index contributed by atoms with van der Waals surface area (Å²) in [6.45, 7) is 3.49. The lowest BCUT2D eigenvalue weighted by atomic mass is 10.1. The molecular weight excluding hydrogens is 320 g/mol. The van der Waals surface area contributed by atoms with Gasteiger partial charge in [-0.25, -0.2) is 0 Å². The number of hydrogen-bond donors (Lipinski definition) is 1. The van der Waals surface area contributed by atoms with Crippen LogP contribution in [0.15, 0.2) is 18.3 Å². The van der Waals surface area contributed by atoms with Gasteiger partial charge in [0.05, 0.1) is 0 Å². The first-order valence-corrected chi connectivity index (χ1v) is 8.81. The molecule has 1 aromatic heterocycles. The van der Waals surface area contributed by atoms with E-state index in [4.69, 9.17) is 0 Å². The zero-order chi connectivity index (χ0) is 18.2. The highest BCUT2D eigenvalue weighted by atomic mass is 16.2. The molecule has 3 amide bonds. The summed E-state index contributed by atoms with van der Waals surface area (Å²) in [4.78, 5) is 43.1. The standard InChI is InChI=1S/C18H26N4O3/c1-3-4-11-21(2)14-8-9-19-15(13-14)18(25)20-10-12-22-16(23)6-5-7-17(22)24/h8-9,13H,3-7,10-12H2,1-2H3,(H,20,25). The van der Waals surface area contributed by atoms with Crippen molar-refractivity contribution in [3.63, 3.8) is 0 Å². The van der Waals surface area contributed by atoms with Crippen LogP contribution in [0.25, 0.3) is 0 Å². The largest absolute Gasteiger partial charge is 0.374 e. The van der Waals surface area contributed by atoms with Crippen molar-refractivity contribution in [1.82, 2.24) is 15.2 Å². The SMILES string of the molecule is CCCCN(C)c1ccnc(C(=O)NCCN2C(=O)CCCC2=O)c1. The van der Waals surface area contributed by atoms with Crippen LogP contribution < -0.4 is 10.2 Å². The smallest absolute Gasteiger partial charge is 0.270 e. The molecule has 0 saturated carbocycles.